The van der Waals surface area contributed by atoms with Gasteiger partial charge in [0.15, 0.2) is 0 Å². The summed E-state index contributed by atoms with van der Waals surface area (Å²) in [6, 6.07) is 0. The van der Waals surface area contributed by atoms with Crippen molar-refractivity contribution in [3.8, 4) is 0 Å². The van der Waals surface area contributed by atoms with Gasteiger partial charge < -0.3 is 0 Å². The minimum Gasteiger partial charge on any atom is -0.276 e. The van der Waals surface area contributed by atoms with Crippen LogP contribution < -0.4 is 0 Å². The van der Waals surface area contributed by atoms with Crippen LogP contribution in [-0.2, 0) is 4.79 Å². The van der Waals surface area contributed by atoms with E-state index in [1.165, 1.54) is 5.49 Å². The first-order chi connectivity index (χ1) is 5.83. The average Bonchev–Trinajstić information content (AvgIpc) is 2.23. The quantitative estimate of drug-likeness (QED) is 0.389. The highest BCUT2D eigenvalue weighted by Gasteiger charge is 1.36. The molecule has 0 saturated carbocycles. The van der Waals surface area contributed by atoms with Crippen molar-refractivity contribution >= 4 is 37.6 Å². The maximum atomic E-state index is 8.94. The lowest BCUT2D eigenvalue weighted by molar-refractivity contribution is -0.106. The average molecular weight is 198 g/mol. The highest BCUT2D eigenvalue weighted by molar-refractivity contribution is 7.78. The van der Waals surface area contributed by atoms with E-state index in [-0.39, 0.29) is 2.85 Å². The van der Waals surface area contributed by atoms with E-state index in [1.807, 2.05) is 27.7 Å². The van der Waals surface area contributed by atoms with Crippen LogP contribution in [0.1, 0.15) is 30.5 Å². The van der Waals surface area contributed by atoms with Gasteiger partial charge in [-0.15, -0.1) is 0 Å². The smallest absolute Gasteiger partial charge is 0.232 e. The zero-order chi connectivity index (χ0) is 10.8. The molecule has 0 fully saturated rings. The molecule has 12 heavy (non-hydrogen) atoms. The summed E-state index contributed by atoms with van der Waals surface area (Å²) in [7, 11) is 0. The van der Waals surface area contributed by atoms with Gasteiger partial charge in [0.25, 0.3) is 0 Å². The third-order valence-electron chi connectivity index (χ3n) is 0.149. The summed E-state index contributed by atoms with van der Waals surface area (Å²) >= 11 is 4.20. The molecule has 0 heterocycles. The van der Waals surface area contributed by atoms with Crippen molar-refractivity contribution in [1.29, 1.82) is 0 Å². The molecule has 0 aromatic carbocycles. The number of nitrogens with zero attached hydrogens (tertiary/aromatic N) is 2. The summed E-state index contributed by atoms with van der Waals surface area (Å²) in [5.74, 6) is 0. The molecule has 76 valence electrons. The van der Waals surface area contributed by atoms with Crippen molar-refractivity contribution in [2.75, 3.05) is 0 Å². The Morgan fingerprint density at radius 3 is 1.33 bits per heavy atom. The van der Waals surface area contributed by atoms with Gasteiger partial charge in [-0.1, -0.05) is 39.9 Å². The molecule has 0 N–H and O–H groups in total. The van der Waals surface area contributed by atoms with E-state index in [1.54, 1.807) is 0 Å². The third kappa shape index (κ3) is 493. The fraction of sp³-hybridized carbons (Fsp3) is 0.500. The molecule has 0 aliphatic heterocycles. The highest BCUT2D eigenvalue weighted by Crippen LogP contribution is 1.42. The fourth-order valence-corrected chi connectivity index (χ4v) is 0. The fourth-order valence-electron chi connectivity index (χ4n) is 0. The zero-order valence-corrected chi connectivity index (χ0v) is 9.10. The van der Waals surface area contributed by atoms with Crippen molar-refractivity contribution in [2.24, 2.45) is 9.98 Å². The van der Waals surface area contributed by atoms with E-state index in [0.29, 0.717) is 6.41 Å². The second-order valence-corrected chi connectivity index (χ2v) is 0.787. The lowest BCUT2D eigenvalue weighted by atomic mass is 11.0. The summed E-state index contributed by atoms with van der Waals surface area (Å²) in [6.45, 7) is 13.9. The SMILES string of the molecule is C=NC=O.C=NC=S.CC.CC.[3HH].[3HH]. The summed E-state index contributed by atoms with van der Waals surface area (Å²) < 4.78 is 0. The van der Waals surface area contributed by atoms with Crippen LogP contribution in [0.25, 0.3) is 0 Å². The number of carbonyl (C=O) groups excluding carboxylic acids is 1. The number of hydrogen-bond donors (Lipinski definition) is 0. The van der Waals surface area contributed by atoms with Crippen LogP contribution in [0.15, 0.2) is 9.98 Å². The molecule has 4 heteroatoms. The largest absolute Gasteiger partial charge is 0.276 e. The topological polar surface area (TPSA) is 41.8 Å². The lowest BCUT2D eigenvalue weighted by Gasteiger charge is -1.45. The Morgan fingerprint density at radius 1 is 1.17 bits per heavy atom. The predicted molar refractivity (Wildman–Crippen MR) is 65.7 cm³/mol. The Hall–Kier alpha value is -0.900. The molecule has 0 aliphatic rings. The van der Waals surface area contributed by atoms with Gasteiger partial charge >= 0.3 is 0 Å². The van der Waals surface area contributed by atoms with E-state index in [0.717, 1.165) is 0 Å². The van der Waals surface area contributed by atoms with E-state index in [9.17, 15) is 0 Å². The Labute approximate surface area is 83.6 Å². The second-order valence-electron chi connectivity index (χ2n) is 0.576. The van der Waals surface area contributed by atoms with Gasteiger partial charge in [0.1, 0.15) is 0 Å². The van der Waals surface area contributed by atoms with Crippen LogP contribution in [0, 0.1) is 0 Å². The normalized spacial score (nSPS) is 4.33. The molecule has 0 saturated heterocycles. The summed E-state index contributed by atoms with van der Waals surface area (Å²) in [6.07, 6.45) is 0.389. The molecule has 0 atom stereocenters. The Kier molecular flexibility index (Phi) is 163. The summed E-state index contributed by atoms with van der Waals surface area (Å²) in [5.41, 5.74) is 1.22. The number of hydrogen-bond acceptors (Lipinski definition) is 2. The molecular weight excluding hydrogens is 172 g/mol. The number of rotatable bonds is 2. The maximum Gasteiger partial charge on any atom is 0.232 e. The minimum atomic E-state index is 0. The van der Waals surface area contributed by atoms with Gasteiger partial charge in [0.2, 0.25) is 6.41 Å². The van der Waals surface area contributed by atoms with Gasteiger partial charge in [-0.05, 0) is 13.4 Å². The first-order valence-corrected chi connectivity index (χ1v) is 4.09. The molecule has 0 rings (SSSR count). The van der Waals surface area contributed by atoms with Crippen molar-refractivity contribution in [3.05, 3.63) is 0 Å². The van der Waals surface area contributed by atoms with Crippen molar-refractivity contribution in [2.45, 2.75) is 27.7 Å². The van der Waals surface area contributed by atoms with Crippen LogP contribution in [-0.4, -0.2) is 25.3 Å². The zero-order valence-electron chi connectivity index (χ0n) is 8.28. The third-order valence-corrected chi connectivity index (χ3v) is 0.298. The molecule has 0 spiro atoms. The minimum absolute atomic E-state index is 0. The molecule has 0 aliphatic carbocycles. The van der Waals surface area contributed by atoms with Gasteiger partial charge in [-0.25, -0.2) is 4.99 Å². The van der Waals surface area contributed by atoms with Crippen LogP contribution in [0.3, 0.4) is 0 Å². The Balaban J connectivity index is -0.0000000153. The molecular formula is C8H22N2OS. The first kappa shape index (κ1) is 22.5. The van der Waals surface area contributed by atoms with Crippen molar-refractivity contribution in [1.82, 2.24) is 0 Å². The number of carbonyl (C=O) groups is 1. The van der Waals surface area contributed by atoms with Crippen LogP contribution in [0.5, 0.6) is 0 Å². The van der Waals surface area contributed by atoms with Crippen molar-refractivity contribution < 1.29 is 7.65 Å². The van der Waals surface area contributed by atoms with Gasteiger partial charge in [0, 0.05) is 2.85 Å². The first-order valence-electron chi connectivity index (χ1n) is 3.62. The molecule has 0 radical (unpaired) electrons. The molecule has 0 bridgehead atoms. The van der Waals surface area contributed by atoms with E-state index >= 15 is 0 Å². The monoisotopic (exact) mass is 198 g/mol. The second kappa shape index (κ2) is 87.0. The molecule has 1 amide bonds. The van der Waals surface area contributed by atoms with E-state index < -0.39 is 0 Å². The van der Waals surface area contributed by atoms with Gasteiger partial charge in [0.05, 0.1) is 5.49 Å². The number of amides is 1. The van der Waals surface area contributed by atoms with Crippen LogP contribution in [0.2, 0.25) is 0 Å². The number of aliphatic imine (C=N–C) groups is 2. The van der Waals surface area contributed by atoms with Crippen molar-refractivity contribution in [3.63, 3.8) is 0 Å². The van der Waals surface area contributed by atoms with Gasteiger partial charge in [-0.3, -0.25) is 9.79 Å². The van der Waals surface area contributed by atoms with Crippen LogP contribution >= 0.6 is 12.2 Å². The predicted octanol–water partition coefficient (Wildman–Crippen LogP) is 3.03. The Bertz CT molecular complexity index is 79.3. The molecule has 0 unspecified atom stereocenters. The lowest BCUT2D eigenvalue weighted by Crippen LogP contribution is -1.47. The van der Waals surface area contributed by atoms with Crippen LogP contribution in [0.4, 0.5) is 0 Å². The molecule has 0 aromatic heterocycles. The summed E-state index contributed by atoms with van der Waals surface area (Å²) in [5, 5.41) is 0. The molecule has 0 aromatic rings. The molecule has 3 nitrogen and oxygen atoms in total. The standard InChI is InChI=1S/C2H3NO.C2H3NS.2C2H6.2H2/c2*1-3-2-4;2*1-2;;/h2*2H,1H2;2*1-2H3;2*1H/i;;;;2*1+2. The Morgan fingerprint density at radius 2 is 1.33 bits per heavy atom. The summed E-state index contributed by atoms with van der Waals surface area (Å²) in [4.78, 5) is 14.9. The maximum absolute atomic E-state index is 8.94. The highest BCUT2D eigenvalue weighted by atomic mass is 32.1. The van der Waals surface area contributed by atoms with E-state index in [4.69, 9.17) is 4.79 Å². The van der Waals surface area contributed by atoms with Gasteiger partial charge in [-0.2, -0.15) is 0 Å². The number of thiocarbonyl (C=S) groups is 1. The van der Waals surface area contributed by atoms with E-state index in [2.05, 4.69) is 35.6 Å².